The van der Waals surface area contributed by atoms with Crippen LogP contribution in [0.1, 0.15) is 75.3 Å². The first-order valence-corrected chi connectivity index (χ1v) is 12.3. The van der Waals surface area contributed by atoms with Crippen LogP contribution in [-0.4, -0.2) is 43.7 Å². The van der Waals surface area contributed by atoms with Gasteiger partial charge < -0.3 is 20.6 Å². The van der Waals surface area contributed by atoms with Gasteiger partial charge in [0.05, 0.1) is 40.7 Å². The highest BCUT2D eigenvalue weighted by molar-refractivity contribution is 6.06. The number of rotatable bonds is 8. The summed E-state index contributed by atoms with van der Waals surface area (Å²) in [6, 6.07) is 7.74. The van der Waals surface area contributed by atoms with E-state index >= 15 is 0 Å². The maximum Gasteiger partial charge on any atom is 0.255 e. The molecule has 1 aliphatic carbocycles. The number of aromatic nitrogens is 3. The molecule has 186 valence electrons. The Bertz CT molecular complexity index is 1190. The number of hydrogen-bond acceptors (Lipinski definition) is 7. The lowest BCUT2D eigenvalue weighted by atomic mass is 9.93. The number of nitrogens with zero attached hydrogens (tertiary/aromatic N) is 4. The summed E-state index contributed by atoms with van der Waals surface area (Å²) in [5.74, 6) is 0.604. The van der Waals surface area contributed by atoms with Crippen LogP contribution in [0.3, 0.4) is 0 Å². The average molecular weight is 479 g/mol. The highest BCUT2D eigenvalue weighted by Gasteiger charge is 2.24. The van der Waals surface area contributed by atoms with Gasteiger partial charge in [-0.2, -0.15) is 5.10 Å². The van der Waals surface area contributed by atoms with E-state index in [4.69, 9.17) is 9.94 Å². The first-order chi connectivity index (χ1) is 16.9. The molecule has 0 spiro atoms. The number of fused-ring (bicyclic) bond motifs is 1. The number of aryl methyl sites for hydroxylation is 1. The van der Waals surface area contributed by atoms with Crippen LogP contribution in [0, 0.1) is 0 Å². The van der Waals surface area contributed by atoms with E-state index in [1.807, 2.05) is 56.6 Å². The van der Waals surface area contributed by atoms with E-state index in [1.54, 1.807) is 12.4 Å². The van der Waals surface area contributed by atoms with Gasteiger partial charge in [0.15, 0.2) is 5.65 Å². The normalized spacial score (nSPS) is 16.8. The maximum atomic E-state index is 13.4. The van der Waals surface area contributed by atoms with Crippen LogP contribution in [0.2, 0.25) is 0 Å². The van der Waals surface area contributed by atoms with Gasteiger partial charge in [-0.05, 0) is 71.1 Å². The summed E-state index contributed by atoms with van der Waals surface area (Å²) >= 11 is 0. The number of ether oxygens (including phenoxy) is 1. The molecule has 1 fully saturated rings. The van der Waals surface area contributed by atoms with Crippen LogP contribution in [-0.2, 0) is 6.54 Å². The molecule has 1 aromatic carbocycles. The molecule has 3 aromatic rings. The molecule has 9 nitrogen and oxygen atoms in total. The number of anilines is 1. The largest absolute Gasteiger partial charge is 0.491 e. The first-order valence-electron chi connectivity index (χ1n) is 12.3. The van der Waals surface area contributed by atoms with Crippen molar-refractivity contribution in [2.75, 3.05) is 5.32 Å². The minimum Gasteiger partial charge on any atom is -0.491 e. The van der Waals surface area contributed by atoms with Crippen molar-refractivity contribution < 1.29 is 14.7 Å². The number of amides is 1. The van der Waals surface area contributed by atoms with Crippen molar-refractivity contribution in [1.29, 1.82) is 0 Å². The number of carbonyl (C=O) groups is 1. The Kier molecular flexibility index (Phi) is 7.53. The number of nitrogens with one attached hydrogen (secondary N) is 2. The lowest BCUT2D eigenvalue weighted by Crippen LogP contribution is -2.30. The third-order valence-corrected chi connectivity index (χ3v) is 6.36. The molecule has 0 saturated heterocycles. The number of hydrogen-bond donors (Lipinski definition) is 3. The number of pyridine rings is 1. The Morgan fingerprint density at radius 2 is 1.91 bits per heavy atom. The second-order valence-corrected chi connectivity index (χ2v) is 9.26. The Morgan fingerprint density at radius 1 is 1.20 bits per heavy atom. The Balaban J connectivity index is 1.57. The number of carbonyl (C=O) groups excluding carboxylic acids is 1. The fraction of sp³-hybridized carbons (Fsp3) is 0.462. The van der Waals surface area contributed by atoms with Crippen LogP contribution in [0.4, 0.5) is 5.69 Å². The molecule has 0 radical (unpaired) electrons. The van der Waals surface area contributed by atoms with Crippen LogP contribution in [0.25, 0.3) is 11.0 Å². The molecule has 1 saturated carbocycles. The van der Waals surface area contributed by atoms with E-state index in [0.29, 0.717) is 12.1 Å². The quantitative estimate of drug-likeness (QED) is 0.313. The molecule has 1 amide bonds. The molecule has 4 rings (SSSR count). The number of oxime groups is 1. The molecular formula is C26H34N6O3. The fourth-order valence-corrected chi connectivity index (χ4v) is 4.45. The zero-order chi connectivity index (χ0) is 24.9. The van der Waals surface area contributed by atoms with E-state index < -0.39 is 0 Å². The minimum absolute atomic E-state index is 0.107. The summed E-state index contributed by atoms with van der Waals surface area (Å²) < 4.78 is 7.54. The van der Waals surface area contributed by atoms with Crippen molar-refractivity contribution in [2.24, 2.45) is 5.16 Å². The van der Waals surface area contributed by atoms with Gasteiger partial charge in [0.2, 0.25) is 0 Å². The standard InChI is InChI=1S/C26H34N6O3/c1-5-32-25-22(15-28-32)24(30-19-8-10-20(31-34)11-9-19)23(14-27-25)26(33)29-17(4)18-6-12-21(13-7-18)35-16(2)3/h6-7,12-17,19,34H,5,8-11H2,1-4H3,(H,27,30)(H,29,33). The second-order valence-electron chi connectivity index (χ2n) is 9.26. The Morgan fingerprint density at radius 3 is 2.54 bits per heavy atom. The van der Waals surface area contributed by atoms with Gasteiger partial charge in [-0.3, -0.25) is 4.79 Å². The molecule has 1 aliphatic rings. The Labute approximate surface area is 205 Å². The highest BCUT2D eigenvalue weighted by Crippen LogP contribution is 2.30. The van der Waals surface area contributed by atoms with Gasteiger partial charge in [0.25, 0.3) is 5.91 Å². The van der Waals surface area contributed by atoms with Crippen molar-refractivity contribution in [3.63, 3.8) is 0 Å². The second kappa shape index (κ2) is 10.8. The molecule has 1 unspecified atom stereocenters. The fourth-order valence-electron chi connectivity index (χ4n) is 4.45. The van der Waals surface area contributed by atoms with Gasteiger partial charge in [0, 0.05) is 18.8 Å². The maximum absolute atomic E-state index is 13.4. The van der Waals surface area contributed by atoms with Crippen molar-refractivity contribution in [2.45, 2.75) is 78.1 Å². The minimum atomic E-state index is -0.199. The summed E-state index contributed by atoms with van der Waals surface area (Å²) in [5.41, 5.74) is 3.78. The van der Waals surface area contributed by atoms with Gasteiger partial charge in [0.1, 0.15) is 5.75 Å². The van der Waals surface area contributed by atoms with Gasteiger partial charge >= 0.3 is 0 Å². The van der Waals surface area contributed by atoms with Crippen LogP contribution < -0.4 is 15.4 Å². The van der Waals surface area contributed by atoms with E-state index in [1.165, 1.54) is 0 Å². The molecule has 2 heterocycles. The molecule has 0 aliphatic heterocycles. The monoisotopic (exact) mass is 478 g/mol. The summed E-state index contributed by atoms with van der Waals surface area (Å²) in [7, 11) is 0. The molecule has 1 atom stereocenters. The predicted octanol–water partition coefficient (Wildman–Crippen LogP) is 4.91. The van der Waals surface area contributed by atoms with Crippen LogP contribution >= 0.6 is 0 Å². The highest BCUT2D eigenvalue weighted by atomic mass is 16.5. The lowest BCUT2D eigenvalue weighted by Gasteiger charge is -2.26. The summed E-state index contributed by atoms with van der Waals surface area (Å²) in [5, 5.41) is 24.4. The summed E-state index contributed by atoms with van der Waals surface area (Å²) in [6.45, 7) is 8.64. The van der Waals surface area contributed by atoms with Gasteiger partial charge in [-0.15, -0.1) is 0 Å². The van der Waals surface area contributed by atoms with E-state index in [-0.39, 0.29) is 24.1 Å². The molecule has 2 aromatic heterocycles. The smallest absolute Gasteiger partial charge is 0.255 e. The third kappa shape index (κ3) is 5.55. The molecule has 0 bridgehead atoms. The molecule has 35 heavy (non-hydrogen) atoms. The van der Waals surface area contributed by atoms with Crippen LogP contribution in [0.15, 0.2) is 41.8 Å². The summed E-state index contributed by atoms with van der Waals surface area (Å²) in [4.78, 5) is 18.0. The molecule has 3 N–H and O–H groups in total. The zero-order valence-electron chi connectivity index (χ0n) is 20.8. The van der Waals surface area contributed by atoms with Crippen LogP contribution in [0.5, 0.6) is 5.75 Å². The lowest BCUT2D eigenvalue weighted by molar-refractivity contribution is 0.0940. The van der Waals surface area contributed by atoms with Gasteiger partial charge in [-0.1, -0.05) is 17.3 Å². The topological polar surface area (TPSA) is 114 Å². The molecular weight excluding hydrogens is 444 g/mol. The summed E-state index contributed by atoms with van der Waals surface area (Å²) in [6.07, 6.45) is 6.61. The Hall–Kier alpha value is -3.62. The van der Waals surface area contributed by atoms with Crippen molar-refractivity contribution in [1.82, 2.24) is 20.1 Å². The third-order valence-electron chi connectivity index (χ3n) is 6.36. The number of benzene rings is 1. The van der Waals surface area contributed by atoms with E-state index in [2.05, 4.69) is 25.9 Å². The SMILES string of the molecule is CCn1ncc2c(NC3CCC(=NO)CC3)c(C(=O)NC(C)c3ccc(OC(C)C)cc3)cnc21. The predicted molar refractivity (Wildman–Crippen MR) is 136 cm³/mol. The van der Waals surface area contributed by atoms with E-state index in [9.17, 15) is 4.79 Å². The van der Waals surface area contributed by atoms with Crippen molar-refractivity contribution in [3.8, 4) is 5.75 Å². The van der Waals surface area contributed by atoms with Crippen molar-refractivity contribution >= 4 is 28.3 Å². The van der Waals surface area contributed by atoms with E-state index in [0.717, 1.165) is 59.4 Å². The van der Waals surface area contributed by atoms with Crippen molar-refractivity contribution in [3.05, 3.63) is 47.8 Å². The first kappa shape index (κ1) is 24.5. The molecule has 9 heteroatoms. The van der Waals surface area contributed by atoms with Gasteiger partial charge in [-0.25, -0.2) is 9.67 Å². The zero-order valence-corrected chi connectivity index (χ0v) is 20.8. The average Bonchev–Trinajstić information content (AvgIpc) is 3.28.